The molecule has 11 nitrogen and oxygen atoms in total. The minimum absolute atomic E-state index is 0.0253. The first-order valence-electron chi connectivity index (χ1n) is 7.66. The lowest BCUT2D eigenvalue weighted by Crippen LogP contribution is -2.40. The number of methoxy groups -OCH3 is 1. The van der Waals surface area contributed by atoms with Gasteiger partial charge in [-0.2, -0.15) is 0 Å². The van der Waals surface area contributed by atoms with E-state index >= 15 is 0 Å². The highest BCUT2D eigenvalue weighted by Gasteiger charge is 2.20. The fourth-order valence-electron chi connectivity index (χ4n) is 2.11. The van der Waals surface area contributed by atoms with E-state index in [1.165, 1.54) is 44.4 Å². The van der Waals surface area contributed by atoms with Gasteiger partial charge in [-0.15, -0.1) is 0 Å². The lowest BCUT2D eigenvalue weighted by Gasteiger charge is -2.12. The second-order valence-corrected chi connectivity index (χ2v) is 7.09. The number of hydrogen-bond acceptors (Lipinski definition) is 7. The monoisotopic (exact) mass is 408 g/mol. The average Bonchev–Trinajstić information content (AvgIpc) is 2.65. The van der Waals surface area contributed by atoms with Crippen LogP contribution in [0.3, 0.4) is 0 Å². The van der Waals surface area contributed by atoms with Gasteiger partial charge in [0.15, 0.2) is 0 Å². The number of nitro groups is 1. The highest BCUT2D eigenvalue weighted by molar-refractivity contribution is 7.92. The molecule has 2 amide bonds. The first-order valence-corrected chi connectivity index (χ1v) is 9.14. The number of ether oxygens (including phenoxy) is 1. The van der Waals surface area contributed by atoms with Crippen LogP contribution in [-0.2, 0) is 14.8 Å². The third-order valence-corrected chi connectivity index (χ3v) is 4.76. The summed E-state index contributed by atoms with van der Waals surface area (Å²) in [4.78, 5) is 32.8. The molecule has 0 heterocycles. The number of sulfonamides is 1. The van der Waals surface area contributed by atoms with Crippen molar-refractivity contribution in [2.45, 2.75) is 11.8 Å². The van der Waals surface area contributed by atoms with E-state index in [0.717, 1.165) is 12.1 Å². The van der Waals surface area contributed by atoms with Gasteiger partial charge < -0.3 is 4.74 Å². The second-order valence-electron chi connectivity index (χ2n) is 5.41. The van der Waals surface area contributed by atoms with Crippen molar-refractivity contribution in [3.8, 4) is 5.75 Å². The number of anilines is 1. The van der Waals surface area contributed by atoms with Crippen LogP contribution in [0.4, 0.5) is 11.4 Å². The lowest BCUT2D eigenvalue weighted by atomic mass is 10.2. The molecule has 0 spiro atoms. The number of non-ortho nitro benzene ring substituents is 1. The highest BCUT2D eigenvalue weighted by Crippen LogP contribution is 2.30. The average molecular weight is 408 g/mol. The Kier molecular flexibility index (Phi) is 6.15. The van der Waals surface area contributed by atoms with Crippen LogP contribution in [0.15, 0.2) is 47.4 Å². The van der Waals surface area contributed by atoms with Crippen molar-refractivity contribution < 1.29 is 27.7 Å². The Labute approximate surface area is 159 Å². The van der Waals surface area contributed by atoms with Crippen molar-refractivity contribution in [3.05, 3.63) is 58.1 Å². The summed E-state index contributed by atoms with van der Waals surface area (Å²) in [6, 6.07) is 8.46. The summed E-state index contributed by atoms with van der Waals surface area (Å²) in [6.07, 6.45) is 0. The van der Waals surface area contributed by atoms with Crippen LogP contribution in [0.2, 0.25) is 0 Å². The zero-order valence-electron chi connectivity index (χ0n) is 14.8. The molecule has 0 atom stereocenters. The SMILES string of the molecule is COc1ccc([N+](=O)[O-])cc1NS(=O)(=O)c1cccc(C(=O)NNC(C)=O)c1. The molecule has 3 N–H and O–H groups in total. The van der Waals surface area contributed by atoms with Gasteiger partial charge in [0, 0.05) is 24.6 Å². The first kappa shape index (κ1) is 20.6. The van der Waals surface area contributed by atoms with Gasteiger partial charge in [-0.1, -0.05) is 6.07 Å². The summed E-state index contributed by atoms with van der Waals surface area (Å²) in [5, 5.41) is 10.9. The van der Waals surface area contributed by atoms with E-state index in [9.17, 15) is 28.1 Å². The Morgan fingerprint density at radius 3 is 2.43 bits per heavy atom. The van der Waals surface area contributed by atoms with Crippen LogP contribution in [0.25, 0.3) is 0 Å². The molecule has 12 heteroatoms. The molecule has 0 aliphatic rings. The van der Waals surface area contributed by atoms with Crippen molar-refractivity contribution in [2.24, 2.45) is 0 Å². The maximum Gasteiger partial charge on any atom is 0.271 e. The van der Waals surface area contributed by atoms with Crippen molar-refractivity contribution >= 4 is 33.2 Å². The van der Waals surface area contributed by atoms with Gasteiger partial charge in [0.05, 0.1) is 22.6 Å². The zero-order valence-corrected chi connectivity index (χ0v) is 15.6. The predicted molar refractivity (Wildman–Crippen MR) is 98.2 cm³/mol. The van der Waals surface area contributed by atoms with Crippen molar-refractivity contribution in [1.29, 1.82) is 0 Å². The van der Waals surface area contributed by atoms with Crippen molar-refractivity contribution in [3.63, 3.8) is 0 Å². The molecule has 0 aliphatic heterocycles. The summed E-state index contributed by atoms with van der Waals surface area (Å²) in [5.41, 5.74) is 3.71. The molecule has 0 saturated heterocycles. The minimum atomic E-state index is -4.20. The fourth-order valence-corrected chi connectivity index (χ4v) is 3.22. The Bertz CT molecular complexity index is 1040. The van der Waals surface area contributed by atoms with E-state index in [-0.39, 0.29) is 27.6 Å². The number of nitro benzene ring substituents is 1. The Hall–Kier alpha value is -3.67. The number of nitrogens with one attached hydrogen (secondary N) is 3. The summed E-state index contributed by atoms with van der Waals surface area (Å²) < 4.78 is 32.5. The van der Waals surface area contributed by atoms with Gasteiger partial charge >= 0.3 is 0 Å². The van der Waals surface area contributed by atoms with Crippen LogP contribution in [-0.4, -0.2) is 32.3 Å². The Morgan fingerprint density at radius 1 is 1.11 bits per heavy atom. The molecular formula is C16H16N4O7S. The zero-order chi connectivity index (χ0) is 20.9. The molecule has 2 aromatic carbocycles. The van der Waals surface area contributed by atoms with Gasteiger partial charge in [0.1, 0.15) is 5.75 Å². The summed E-state index contributed by atoms with van der Waals surface area (Å²) in [5.74, 6) is -1.15. The third kappa shape index (κ3) is 4.94. The minimum Gasteiger partial charge on any atom is -0.495 e. The predicted octanol–water partition coefficient (Wildman–Crippen LogP) is 1.19. The smallest absolute Gasteiger partial charge is 0.271 e. The molecule has 0 radical (unpaired) electrons. The van der Waals surface area contributed by atoms with E-state index in [0.29, 0.717) is 0 Å². The quantitative estimate of drug-likeness (QED) is 0.478. The standard InChI is InChI=1S/C16H16N4O7S/c1-10(21)17-18-16(22)11-4-3-5-13(8-11)28(25,26)19-14-9-12(20(23)24)6-7-15(14)27-2/h3-9,19H,1-2H3,(H,17,21)(H,18,22). The van der Waals surface area contributed by atoms with Crippen LogP contribution < -0.4 is 20.3 Å². The van der Waals surface area contributed by atoms with Gasteiger partial charge in [-0.25, -0.2) is 8.42 Å². The Balaban J connectivity index is 2.34. The number of carbonyl (C=O) groups excluding carboxylic acids is 2. The van der Waals surface area contributed by atoms with E-state index < -0.39 is 26.8 Å². The normalized spacial score (nSPS) is 10.6. The number of rotatable bonds is 6. The molecule has 0 unspecified atom stereocenters. The number of hydrazine groups is 1. The van der Waals surface area contributed by atoms with Crippen molar-refractivity contribution in [2.75, 3.05) is 11.8 Å². The molecule has 0 aromatic heterocycles. The van der Waals surface area contributed by atoms with E-state index in [1.807, 2.05) is 0 Å². The molecular weight excluding hydrogens is 392 g/mol. The first-order chi connectivity index (χ1) is 13.1. The van der Waals surface area contributed by atoms with E-state index in [1.54, 1.807) is 0 Å². The molecule has 28 heavy (non-hydrogen) atoms. The molecule has 0 aliphatic carbocycles. The molecule has 148 valence electrons. The maximum absolute atomic E-state index is 12.7. The van der Waals surface area contributed by atoms with Crippen molar-refractivity contribution in [1.82, 2.24) is 10.9 Å². The molecule has 0 fully saturated rings. The number of carbonyl (C=O) groups is 2. The second kappa shape index (κ2) is 8.35. The Morgan fingerprint density at radius 2 is 1.82 bits per heavy atom. The molecule has 2 rings (SSSR count). The topological polar surface area (TPSA) is 157 Å². The fraction of sp³-hybridized carbons (Fsp3) is 0.125. The third-order valence-electron chi connectivity index (χ3n) is 3.40. The lowest BCUT2D eigenvalue weighted by molar-refractivity contribution is -0.384. The van der Waals surface area contributed by atoms with Crippen LogP contribution in [0.5, 0.6) is 5.75 Å². The summed E-state index contributed by atoms with van der Waals surface area (Å²) in [6.45, 7) is 1.19. The highest BCUT2D eigenvalue weighted by atomic mass is 32.2. The van der Waals surface area contributed by atoms with E-state index in [4.69, 9.17) is 4.74 Å². The van der Waals surface area contributed by atoms with Gasteiger partial charge in [0.25, 0.3) is 21.6 Å². The molecule has 2 aromatic rings. The summed E-state index contributed by atoms with van der Waals surface area (Å²) in [7, 11) is -2.91. The largest absolute Gasteiger partial charge is 0.495 e. The number of benzene rings is 2. The maximum atomic E-state index is 12.7. The van der Waals surface area contributed by atoms with Gasteiger partial charge in [0.2, 0.25) is 5.91 Å². The van der Waals surface area contributed by atoms with E-state index in [2.05, 4.69) is 15.6 Å². The van der Waals surface area contributed by atoms with Gasteiger partial charge in [-0.3, -0.25) is 35.3 Å². The summed E-state index contributed by atoms with van der Waals surface area (Å²) >= 11 is 0. The molecule has 0 saturated carbocycles. The number of amides is 2. The van der Waals surface area contributed by atoms with Crippen LogP contribution in [0.1, 0.15) is 17.3 Å². The van der Waals surface area contributed by atoms with Crippen LogP contribution in [0, 0.1) is 10.1 Å². The molecule has 0 bridgehead atoms. The number of nitrogens with zero attached hydrogens (tertiary/aromatic N) is 1. The van der Waals surface area contributed by atoms with Crippen LogP contribution >= 0.6 is 0 Å². The van der Waals surface area contributed by atoms with Gasteiger partial charge in [-0.05, 0) is 24.3 Å². The number of hydrogen-bond donors (Lipinski definition) is 3.